The van der Waals surface area contributed by atoms with Gasteiger partial charge in [0.05, 0.1) is 4.90 Å². The SMILES string of the molecule is CS(=O)(=O)c1ccc(C2=CC3(C=C2)CCC3c2cccnc2)cc1. The fourth-order valence-corrected chi connectivity index (χ4v) is 4.39. The van der Waals surface area contributed by atoms with Gasteiger partial charge in [-0.3, -0.25) is 4.98 Å². The summed E-state index contributed by atoms with van der Waals surface area (Å²) in [5.74, 6) is 0.482. The van der Waals surface area contributed by atoms with Crippen LogP contribution in [0.1, 0.15) is 29.9 Å². The number of pyridine rings is 1. The van der Waals surface area contributed by atoms with Gasteiger partial charge in [0.1, 0.15) is 0 Å². The monoisotopic (exact) mass is 337 g/mol. The normalized spacial score (nSPS) is 25.5. The Bertz CT molecular complexity index is 927. The van der Waals surface area contributed by atoms with E-state index in [0.717, 1.165) is 12.0 Å². The summed E-state index contributed by atoms with van der Waals surface area (Å²) in [5, 5.41) is 0. The van der Waals surface area contributed by atoms with Crippen LogP contribution in [0.3, 0.4) is 0 Å². The molecule has 0 aliphatic heterocycles. The standard InChI is InChI=1S/C20H19NO2S/c1-24(22,23)18-6-4-15(5-7-18)16-8-10-20(13-16)11-9-19(20)17-3-2-12-21-14-17/h2-8,10,12-14,19H,9,11H2,1H3. The van der Waals surface area contributed by atoms with E-state index in [4.69, 9.17) is 0 Å². The molecule has 0 bridgehead atoms. The van der Waals surface area contributed by atoms with Crippen LogP contribution in [-0.4, -0.2) is 19.7 Å². The number of rotatable bonds is 3. The van der Waals surface area contributed by atoms with Crippen molar-refractivity contribution in [1.82, 2.24) is 4.98 Å². The number of nitrogens with zero attached hydrogens (tertiary/aromatic N) is 1. The summed E-state index contributed by atoms with van der Waals surface area (Å²) in [5.41, 5.74) is 3.61. The smallest absolute Gasteiger partial charge is 0.175 e. The number of allylic oxidation sites excluding steroid dienone is 4. The predicted molar refractivity (Wildman–Crippen MR) is 95.3 cm³/mol. The molecule has 2 unspecified atom stereocenters. The van der Waals surface area contributed by atoms with Crippen LogP contribution in [-0.2, 0) is 9.84 Å². The summed E-state index contributed by atoms with van der Waals surface area (Å²) < 4.78 is 23.2. The Morgan fingerprint density at radius 3 is 2.54 bits per heavy atom. The Balaban J connectivity index is 1.63. The Morgan fingerprint density at radius 2 is 1.96 bits per heavy atom. The van der Waals surface area contributed by atoms with Crippen LogP contribution in [0, 0.1) is 5.41 Å². The third kappa shape index (κ3) is 2.51. The first kappa shape index (κ1) is 15.3. The minimum absolute atomic E-state index is 0.0911. The zero-order valence-electron chi connectivity index (χ0n) is 13.5. The Hall–Kier alpha value is -2.20. The summed E-state index contributed by atoms with van der Waals surface area (Å²) in [6.07, 6.45) is 14.1. The van der Waals surface area contributed by atoms with E-state index in [2.05, 4.69) is 29.3 Å². The van der Waals surface area contributed by atoms with Crippen LogP contribution in [0.25, 0.3) is 5.57 Å². The molecule has 0 radical (unpaired) electrons. The lowest BCUT2D eigenvalue weighted by Gasteiger charge is -2.45. The number of hydrogen-bond donors (Lipinski definition) is 0. The fourth-order valence-electron chi connectivity index (χ4n) is 3.76. The second-order valence-corrected chi connectivity index (χ2v) is 8.74. The molecule has 1 heterocycles. The van der Waals surface area contributed by atoms with E-state index in [1.165, 1.54) is 23.8 Å². The molecular formula is C20H19NO2S. The van der Waals surface area contributed by atoms with Crippen molar-refractivity contribution in [2.45, 2.75) is 23.7 Å². The molecule has 1 saturated carbocycles. The van der Waals surface area contributed by atoms with E-state index < -0.39 is 9.84 Å². The van der Waals surface area contributed by atoms with Gasteiger partial charge in [0.2, 0.25) is 0 Å². The van der Waals surface area contributed by atoms with E-state index in [-0.39, 0.29) is 5.41 Å². The Kier molecular flexibility index (Phi) is 3.46. The number of benzene rings is 1. The van der Waals surface area contributed by atoms with Gasteiger partial charge in [-0.15, -0.1) is 0 Å². The van der Waals surface area contributed by atoms with Crippen molar-refractivity contribution in [3.63, 3.8) is 0 Å². The van der Waals surface area contributed by atoms with Crippen LogP contribution in [0.15, 0.2) is 71.9 Å². The highest BCUT2D eigenvalue weighted by molar-refractivity contribution is 7.90. The molecule has 1 aromatic carbocycles. The molecule has 4 heteroatoms. The molecule has 24 heavy (non-hydrogen) atoms. The fraction of sp³-hybridized carbons (Fsp3) is 0.250. The van der Waals surface area contributed by atoms with E-state index in [9.17, 15) is 8.42 Å². The molecule has 2 aromatic rings. The zero-order chi connectivity index (χ0) is 16.8. The van der Waals surface area contributed by atoms with E-state index >= 15 is 0 Å². The van der Waals surface area contributed by atoms with Crippen molar-refractivity contribution in [1.29, 1.82) is 0 Å². The van der Waals surface area contributed by atoms with Crippen LogP contribution >= 0.6 is 0 Å². The van der Waals surface area contributed by atoms with Crippen molar-refractivity contribution in [3.05, 3.63) is 78.1 Å². The van der Waals surface area contributed by atoms with E-state index in [0.29, 0.717) is 10.8 Å². The molecule has 2 aliphatic rings. The van der Waals surface area contributed by atoms with Crippen molar-refractivity contribution in [3.8, 4) is 0 Å². The first-order valence-electron chi connectivity index (χ1n) is 8.10. The second-order valence-electron chi connectivity index (χ2n) is 6.72. The first-order valence-corrected chi connectivity index (χ1v) is 10.00. The van der Waals surface area contributed by atoms with Gasteiger partial charge in [-0.2, -0.15) is 0 Å². The van der Waals surface area contributed by atoms with Crippen LogP contribution in [0.4, 0.5) is 0 Å². The highest BCUT2D eigenvalue weighted by Gasteiger charge is 2.45. The van der Waals surface area contributed by atoms with Crippen LogP contribution in [0.5, 0.6) is 0 Å². The molecule has 2 atom stereocenters. The average molecular weight is 337 g/mol. The maximum atomic E-state index is 11.6. The largest absolute Gasteiger partial charge is 0.264 e. The van der Waals surface area contributed by atoms with Gasteiger partial charge in [-0.05, 0) is 53.7 Å². The van der Waals surface area contributed by atoms with Crippen molar-refractivity contribution in [2.24, 2.45) is 5.41 Å². The lowest BCUT2D eigenvalue weighted by atomic mass is 9.58. The molecule has 1 aromatic heterocycles. The number of hydrogen-bond acceptors (Lipinski definition) is 3. The lowest BCUT2D eigenvalue weighted by Crippen LogP contribution is -2.33. The van der Waals surface area contributed by atoms with Crippen LogP contribution in [0.2, 0.25) is 0 Å². The molecule has 1 fully saturated rings. The summed E-state index contributed by atoms with van der Waals surface area (Å²) in [6, 6.07) is 11.3. The Labute approximate surface area is 142 Å². The van der Waals surface area contributed by atoms with E-state index in [1.54, 1.807) is 12.1 Å². The molecule has 2 aliphatic carbocycles. The highest BCUT2D eigenvalue weighted by Crippen LogP contribution is 2.58. The Morgan fingerprint density at radius 1 is 1.17 bits per heavy atom. The topological polar surface area (TPSA) is 47.0 Å². The summed E-state index contributed by atoms with van der Waals surface area (Å²) in [6.45, 7) is 0. The van der Waals surface area contributed by atoms with Gasteiger partial charge in [0.15, 0.2) is 9.84 Å². The van der Waals surface area contributed by atoms with Crippen molar-refractivity contribution < 1.29 is 8.42 Å². The third-order valence-corrected chi connectivity index (χ3v) is 6.34. The minimum atomic E-state index is -3.15. The molecule has 1 spiro atoms. The summed E-state index contributed by atoms with van der Waals surface area (Å²) >= 11 is 0. The van der Waals surface area contributed by atoms with Gasteiger partial charge in [-0.25, -0.2) is 8.42 Å². The molecule has 3 nitrogen and oxygen atoms in total. The lowest BCUT2D eigenvalue weighted by molar-refractivity contribution is 0.220. The van der Waals surface area contributed by atoms with Gasteiger partial charge in [0, 0.05) is 24.1 Å². The minimum Gasteiger partial charge on any atom is -0.264 e. The molecule has 4 rings (SSSR count). The van der Waals surface area contributed by atoms with Gasteiger partial charge in [-0.1, -0.05) is 36.4 Å². The third-order valence-electron chi connectivity index (χ3n) is 5.21. The highest BCUT2D eigenvalue weighted by atomic mass is 32.2. The molecular weight excluding hydrogens is 318 g/mol. The van der Waals surface area contributed by atoms with Crippen molar-refractivity contribution >= 4 is 15.4 Å². The average Bonchev–Trinajstić information content (AvgIpc) is 3.02. The maximum Gasteiger partial charge on any atom is 0.175 e. The molecule has 0 saturated heterocycles. The van der Waals surface area contributed by atoms with Crippen LogP contribution < -0.4 is 0 Å². The molecule has 0 amide bonds. The zero-order valence-corrected chi connectivity index (χ0v) is 14.3. The first-order chi connectivity index (χ1) is 11.5. The van der Waals surface area contributed by atoms with Gasteiger partial charge < -0.3 is 0 Å². The maximum absolute atomic E-state index is 11.6. The quantitative estimate of drug-likeness (QED) is 0.850. The predicted octanol–water partition coefficient (Wildman–Crippen LogP) is 4.00. The summed E-state index contributed by atoms with van der Waals surface area (Å²) in [4.78, 5) is 4.61. The van der Waals surface area contributed by atoms with Crippen molar-refractivity contribution in [2.75, 3.05) is 6.26 Å². The number of sulfone groups is 1. The van der Waals surface area contributed by atoms with Gasteiger partial charge >= 0.3 is 0 Å². The second kappa shape index (κ2) is 5.42. The molecule has 122 valence electrons. The number of aromatic nitrogens is 1. The van der Waals surface area contributed by atoms with E-state index in [1.807, 2.05) is 30.6 Å². The van der Waals surface area contributed by atoms with Gasteiger partial charge in [0.25, 0.3) is 0 Å². The molecule has 0 N–H and O–H groups in total. The summed E-state index contributed by atoms with van der Waals surface area (Å²) in [7, 11) is -3.15.